The lowest BCUT2D eigenvalue weighted by atomic mass is 9.96. The van der Waals surface area contributed by atoms with Gasteiger partial charge in [-0.25, -0.2) is 0 Å². The van der Waals surface area contributed by atoms with Gasteiger partial charge in [-0.05, 0) is 39.8 Å². The molecule has 0 unspecified atom stereocenters. The molecular formula is C17H28IN5O. The van der Waals surface area contributed by atoms with E-state index in [-0.39, 0.29) is 41.5 Å². The minimum absolute atomic E-state index is 0. The number of aliphatic imine (C=N–C) groups is 1. The standard InChI is InChI=1S/C17H27N5O.HI/c1-13(2)22-15(23)11-21(12-17(22,3)4)16(18-5)20-10-14-8-6-7-9-19-14;/h6-9,13H,10-12H2,1-5H3,(H,18,20);1H. The number of guanidine groups is 1. The summed E-state index contributed by atoms with van der Waals surface area (Å²) in [6, 6.07) is 6.01. The van der Waals surface area contributed by atoms with Crippen molar-refractivity contribution in [2.45, 2.75) is 45.8 Å². The van der Waals surface area contributed by atoms with Gasteiger partial charge in [-0.3, -0.25) is 14.8 Å². The zero-order valence-corrected chi connectivity index (χ0v) is 17.4. The van der Waals surface area contributed by atoms with Gasteiger partial charge >= 0.3 is 0 Å². The van der Waals surface area contributed by atoms with E-state index in [0.29, 0.717) is 13.1 Å². The Labute approximate surface area is 161 Å². The van der Waals surface area contributed by atoms with Crippen LogP contribution < -0.4 is 5.32 Å². The number of halogens is 1. The zero-order chi connectivity index (χ0) is 17.0. The van der Waals surface area contributed by atoms with Crippen LogP contribution in [0.4, 0.5) is 0 Å². The zero-order valence-electron chi connectivity index (χ0n) is 15.1. The largest absolute Gasteiger partial charge is 0.351 e. The van der Waals surface area contributed by atoms with Crippen molar-refractivity contribution in [1.29, 1.82) is 0 Å². The van der Waals surface area contributed by atoms with E-state index >= 15 is 0 Å². The van der Waals surface area contributed by atoms with Crippen LogP contribution in [0, 0.1) is 0 Å². The van der Waals surface area contributed by atoms with Gasteiger partial charge in [-0.15, -0.1) is 24.0 Å². The smallest absolute Gasteiger partial charge is 0.242 e. The van der Waals surface area contributed by atoms with Crippen molar-refractivity contribution in [3.8, 4) is 0 Å². The first-order valence-electron chi connectivity index (χ1n) is 8.03. The number of hydrogen-bond acceptors (Lipinski definition) is 3. The Kier molecular flexibility index (Phi) is 7.44. The Bertz CT molecular complexity index is 574. The number of nitrogens with one attached hydrogen (secondary N) is 1. The number of carbonyl (C=O) groups excluding carboxylic acids is 1. The molecule has 0 bridgehead atoms. The highest BCUT2D eigenvalue weighted by Gasteiger charge is 2.40. The highest BCUT2D eigenvalue weighted by molar-refractivity contribution is 14.0. The number of amides is 1. The lowest BCUT2D eigenvalue weighted by Crippen LogP contribution is -2.66. The third-order valence-electron chi connectivity index (χ3n) is 4.01. The van der Waals surface area contributed by atoms with Crippen LogP contribution in [0.15, 0.2) is 29.4 Å². The van der Waals surface area contributed by atoms with Crippen molar-refractivity contribution >= 4 is 35.8 Å². The summed E-state index contributed by atoms with van der Waals surface area (Å²) in [5.74, 6) is 0.873. The van der Waals surface area contributed by atoms with Crippen molar-refractivity contribution < 1.29 is 4.79 Å². The van der Waals surface area contributed by atoms with Crippen LogP contribution in [0.25, 0.3) is 0 Å². The molecule has 2 heterocycles. The summed E-state index contributed by atoms with van der Waals surface area (Å²) < 4.78 is 0. The number of rotatable bonds is 3. The summed E-state index contributed by atoms with van der Waals surface area (Å²) >= 11 is 0. The molecule has 6 nitrogen and oxygen atoms in total. The minimum Gasteiger partial charge on any atom is -0.351 e. The SMILES string of the molecule is CN=C(NCc1ccccn1)N1CC(=O)N(C(C)C)C(C)(C)C1.I. The van der Waals surface area contributed by atoms with E-state index in [1.54, 1.807) is 13.2 Å². The molecule has 2 rings (SSSR count). The molecule has 1 aromatic rings. The van der Waals surface area contributed by atoms with Crippen molar-refractivity contribution in [2.24, 2.45) is 4.99 Å². The van der Waals surface area contributed by atoms with Crippen LogP contribution >= 0.6 is 24.0 Å². The molecule has 1 fully saturated rings. The van der Waals surface area contributed by atoms with E-state index in [1.165, 1.54) is 0 Å². The summed E-state index contributed by atoms with van der Waals surface area (Å²) in [6.45, 7) is 10.0. The van der Waals surface area contributed by atoms with Crippen molar-refractivity contribution in [3.05, 3.63) is 30.1 Å². The Morgan fingerprint density at radius 1 is 1.42 bits per heavy atom. The first kappa shape index (κ1) is 20.7. The van der Waals surface area contributed by atoms with Gasteiger partial charge in [0, 0.05) is 25.8 Å². The summed E-state index contributed by atoms with van der Waals surface area (Å²) in [6.07, 6.45) is 1.77. The molecule has 0 radical (unpaired) electrons. The monoisotopic (exact) mass is 445 g/mol. The molecule has 0 atom stereocenters. The van der Waals surface area contributed by atoms with Crippen LogP contribution in [0.3, 0.4) is 0 Å². The van der Waals surface area contributed by atoms with Crippen LogP contribution in [0.2, 0.25) is 0 Å². The van der Waals surface area contributed by atoms with E-state index in [9.17, 15) is 4.79 Å². The second kappa shape index (κ2) is 8.64. The minimum atomic E-state index is -0.230. The maximum Gasteiger partial charge on any atom is 0.242 e. The summed E-state index contributed by atoms with van der Waals surface area (Å²) in [5.41, 5.74) is 0.714. The van der Waals surface area contributed by atoms with Gasteiger partial charge in [0.1, 0.15) is 0 Å². The van der Waals surface area contributed by atoms with Gasteiger partial charge in [0.15, 0.2) is 5.96 Å². The number of piperazine rings is 1. The van der Waals surface area contributed by atoms with Gasteiger partial charge < -0.3 is 15.1 Å². The normalized spacial score (nSPS) is 17.8. The molecule has 134 valence electrons. The lowest BCUT2D eigenvalue weighted by Gasteiger charge is -2.49. The van der Waals surface area contributed by atoms with Crippen molar-refractivity contribution in [2.75, 3.05) is 20.1 Å². The Hall–Kier alpha value is -1.38. The second-order valence-electron chi connectivity index (χ2n) is 6.75. The van der Waals surface area contributed by atoms with Gasteiger partial charge in [0.2, 0.25) is 5.91 Å². The first-order chi connectivity index (χ1) is 10.8. The fraction of sp³-hybridized carbons (Fsp3) is 0.588. The predicted molar refractivity (Wildman–Crippen MR) is 107 cm³/mol. The molecule has 1 N–H and O–H groups in total. The van der Waals surface area contributed by atoms with Gasteiger partial charge in [-0.2, -0.15) is 0 Å². The third kappa shape index (κ3) is 4.81. The van der Waals surface area contributed by atoms with Gasteiger partial charge in [0.25, 0.3) is 0 Å². The van der Waals surface area contributed by atoms with E-state index < -0.39 is 0 Å². The number of pyridine rings is 1. The molecule has 0 aliphatic carbocycles. The van der Waals surface area contributed by atoms with E-state index in [4.69, 9.17) is 0 Å². The van der Waals surface area contributed by atoms with Gasteiger partial charge in [0.05, 0.1) is 24.3 Å². The maximum atomic E-state index is 12.5. The fourth-order valence-electron chi connectivity index (χ4n) is 3.32. The van der Waals surface area contributed by atoms with Crippen LogP contribution in [0.5, 0.6) is 0 Å². The average molecular weight is 445 g/mol. The molecule has 1 aliphatic heterocycles. The Morgan fingerprint density at radius 2 is 2.12 bits per heavy atom. The molecular weight excluding hydrogens is 417 g/mol. The van der Waals surface area contributed by atoms with Gasteiger partial charge in [-0.1, -0.05) is 6.07 Å². The molecule has 1 aromatic heterocycles. The van der Waals surface area contributed by atoms with Crippen LogP contribution in [0.1, 0.15) is 33.4 Å². The van der Waals surface area contributed by atoms with Crippen molar-refractivity contribution in [3.63, 3.8) is 0 Å². The molecule has 1 amide bonds. The Morgan fingerprint density at radius 3 is 2.62 bits per heavy atom. The highest BCUT2D eigenvalue weighted by Crippen LogP contribution is 2.24. The van der Waals surface area contributed by atoms with Crippen LogP contribution in [-0.2, 0) is 11.3 Å². The predicted octanol–water partition coefficient (Wildman–Crippen LogP) is 2.11. The molecule has 7 heteroatoms. The maximum absolute atomic E-state index is 12.5. The summed E-state index contributed by atoms with van der Waals surface area (Å²) in [5, 5.41) is 3.30. The third-order valence-corrected chi connectivity index (χ3v) is 4.01. The Balaban J connectivity index is 0.00000288. The summed E-state index contributed by atoms with van der Waals surface area (Å²) in [7, 11) is 1.74. The fourth-order valence-corrected chi connectivity index (χ4v) is 3.32. The second-order valence-corrected chi connectivity index (χ2v) is 6.75. The molecule has 1 saturated heterocycles. The topological polar surface area (TPSA) is 60.8 Å². The number of aromatic nitrogens is 1. The lowest BCUT2D eigenvalue weighted by molar-refractivity contribution is -0.145. The molecule has 0 saturated carbocycles. The molecule has 24 heavy (non-hydrogen) atoms. The van der Waals surface area contributed by atoms with E-state index in [1.807, 2.05) is 28.0 Å². The highest BCUT2D eigenvalue weighted by atomic mass is 127. The average Bonchev–Trinajstić information content (AvgIpc) is 2.46. The van der Waals surface area contributed by atoms with E-state index in [0.717, 1.165) is 18.2 Å². The molecule has 1 aliphatic rings. The molecule has 0 spiro atoms. The quantitative estimate of drug-likeness (QED) is 0.440. The number of hydrogen-bond donors (Lipinski definition) is 1. The van der Waals surface area contributed by atoms with Crippen molar-refractivity contribution in [1.82, 2.24) is 20.1 Å². The van der Waals surface area contributed by atoms with E-state index in [2.05, 4.69) is 43.0 Å². The number of carbonyl (C=O) groups is 1. The summed E-state index contributed by atoms with van der Waals surface area (Å²) in [4.78, 5) is 25.2. The number of nitrogens with zero attached hydrogens (tertiary/aromatic N) is 4. The van der Waals surface area contributed by atoms with Crippen LogP contribution in [-0.4, -0.2) is 58.4 Å². The first-order valence-corrected chi connectivity index (χ1v) is 8.03. The molecule has 0 aromatic carbocycles.